The monoisotopic (exact) mass is 304 g/mol. The van der Waals surface area contributed by atoms with Crippen molar-refractivity contribution in [2.45, 2.75) is 19.4 Å². The zero-order valence-electron chi connectivity index (χ0n) is 11.1. The molecule has 19 heavy (non-hydrogen) atoms. The molecule has 0 saturated carbocycles. The highest BCUT2D eigenvalue weighted by Crippen LogP contribution is 2.30. The summed E-state index contributed by atoms with van der Waals surface area (Å²) in [6, 6.07) is 3.11. The van der Waals surface area contributed by atoms with Crippen molar-refractivity contribution in [1.82, 2.24) is 10.2 Å². The molecule has 5 heteroatoms. The number of likely N-dealkylation sites (tertiary alicyclic amines) is 1. The summed E-state index contributed by atoms with van der Waals surface area (Å²) in [4.78, 5) is 2.36. The molecule has 1 aromatic carbocycles. The molecular formula is C14H19Cl2FN2. The molecule has 106 valence electrons. The average molecular weight is 305 g/mol. The predicted molar refractivity (Wildman–Crippen MR) is 78.3 cm³/mol. The van der Waals surface area contributed by atoms with E-state index in [0.29, 0.717) is 10.9 Å². The van der Waals surface area contributed by atoms with Crippen LogP contribution in [-0.4, -0.2) is 31.6 Å². The van der Waals surface area contributed by atoms with Crippen molar-refractivity contribution in [3.63, 3.8) is 0 Å². The third-order valence-electron chi connectivity index (χ3n) is 3.61. The fraction of sp³-hybridized carbons (Fsp3) is 0.571. The Morgan fingerprint density at radius 3 is 2.89 bits per heavy atom. The van der Waals surface area contributed by atoms with Gasteiger partial charge in [-0.2, -0.15) is 0 Å². The van der Waals surface area contributed by atoms with Crippen molar-refractivity contribution >= 4 is 23.2 Å². The van der Waals surface area contributed by atoms with Crippen LogP contribution in [0, 0.1) is 11.7 Å². The molecule has 1 aliphatic rings. The van der Waals surface area contributed by atoms with Crippen molar-refractivity contribution in [2.75, 3.05) is 26.7 Å². The van der Waals surface area contributed by atoms with Crippen molar-refractivity contribution in [1.29, 1.82) is 0 Å². The number of nitrogens with zero attached hydrogens (tertiary/aromatic N) is 1. The molecule has 1 N–H and O–H groups in total. The molecule has 1 heterocycles. The number of halogens is 3. The first kappa shape index (κ1) is 15.0. The van der Waals surface area contributed by atoms with Crippen LogP contribution in [0.1, 0.15) is 18.4 Å². The van der Waals surface area contributed by atoms with Gasteiger partial charge in [0, 0.05) is 13.1 Å². The minimum atomic E-state index is -0.456. The molecule has 0 radical (unpaired) electrons. The molecule has 0 aromatic heterocycles. The molecule has 2 nitrogen and oxygen atoms in total. The Kier molecular flexibility index (Phi) is 5.46. The molecule has 1 unspecified atom stereocenters. The number of rotatable bonds is 4. The van der Waals surface area contributed by atoms with Gasteiger partial charge in [-0.05, 0) is 50.5 Å². The van der Waals surface area contributed by atoms with Crippen LogP contribution in [0.5, 0.6) is 0 Å². The van der Waals surface area contributed by atoms with Gasteiger partial charge in [-0.1, -0.05) is 29.3 Å². The van der Waals surface area contributed by atoms with E-state index >= 15 is 0 Å². The standard InChI is InChI=1S/C14H19Cl2FN2/c1-18-7-10-3-2-6-19(8-10)9-11-4-5-12(17)14(16)13(11)15/h4-5,10,18H,2-3,6-9H2,1H3. The van der Waals surface area contributed by atoms with E-state index in [1.165, 1.54) is 18.9 Å². The lowest BCUT2D eigenvalue weighted by atomic mass is 9.97. The Morgan fingerprint density at radius 2 is 2.16 bits per heavy atom. The van der Waals surface area contributed by atoms with Gasteiger partial charge < -0.3 is 5.32 Å². The van der Waals surface area contributed by atoms with Gasteiger partial charge in [-0.25, -0.2) is 4.39 Å². The maximum absolute atomic E-state index is 13.3. The highest BCUT2D eigenvalue weighted by molar-refractivity contribution is 6.42. The Labute approximate surface area is 123 Å². The lowest BCUT2D eigenvalue weighted by molar-refractivity contribution is 0.167. The van der Waals surface area contributed by atoms with Gasteiger partial charge in [0.15, 0.2) is 0 Å². The van der Waals surface area contributed by atoms with Crippen LogP contribution in [0.4, 0.5) is 4.39 Å². The largest absolute Gasteiger partial charge is 0.319 e. The zero-order valence-corrected chi connectivity index (χ0v) is 12.6. The molecule has 2 rings (SSSR count). The van der Waals surface area contributed by atoms with E-state index in [1.54, 1.807) is 6.07 Å². The SMILES string of the molecule is CNCC1CCCN(Cc2ccc(F)c(Cl)c2Cl)C1. The minimum absolute atomic E-state index is 0.0305. The third kappa shape index (κ3) is 3.82. The summed E-state index contributed by atoms with van der Waals surface area (Å²) in [5.41, 5.74) is 0.901. The van der Waals surface area contributed by atoms with E-state index in [-0.39, 0.29) is 5.02 Å². The van der Waals surface area contributed by atoms with Crippen molar-refractivity contribution in [2.24, 2.45) is 5.92 Å². The number of nitrogens with one attached hydrogen (secondary N) is 1. The molecule has 1 aliphatic heterocycles. The van der Waals surface area contributed by atoms with Crippen LogP contribution in [0.3, 0.4) is 0 Å². The minimum Gasteiger partial charge on any atom is -0.319 e. The van der Waals surface area contributed by atoms with Crippen LogP contribution >= 0.6 is 23.2 Å². The van der Waals surface area contributed by atoms with Gasteiger partial charge in [-0.3, -0.25) is 4.90 Å². The second-order valence-corrected chi connectivity index (χ2v) is 5.89. The molecule has 1 fully saturated rings. The van der Waals surface area contributed by atoms with Gasteiger partial charge >= 0.3 is 0 Å². The maximum Gasteiger partial charge on any atom is 0.143 e. The van der Waals surface area contributed by atoms with E-state index in [0.717, 1.165) is 31.7 Å². The van der Waals surface area contributed by atoms with Gasteiger partial charge in [0.1, 0.15) is 5.82 Å². The maximum atomic E-state index is 13.3. The Balaban J connectivity index is 2.03. The summed E-state index contributed by atoms with van der Waals surface area (Å²) < 4.78 is 13.3. The summed E-state index contributed by atoms with van der Waals surface area (Å²) in [7, 11) is 1.98. The van der Waals surface area contributed by atoms with Crippen LogP contribution in [-0.2, 0) is 6.54 Å². The van der Waals surface area contributed by atoms with E-state index in [2.05, 4.69) is 10.2 Å². The predicted octanol–water partition coefficient (Wildman–Crippen LogP) is 3.56. The van der Waals surface area contributed by atoms with E-state index in [4.69, 9.17) is 23.2 Å². The molecule has 1 aromatic rings. The quantitative estimate of drug-likeness (QED) is 0.856. The summed E-state index contributed by atoms with van der Waals surface area (Å²) >= 11 is 11.9. The first-order valence-electron chi connectivity index (χ1n) is 6.61. The van der Waals surface area contributed by atoms with E-state index in [9.17, 15) is 4.39 Å². The summed E-state index contributed by atoms with van der Waals surface area (Å²) in [5, 5.41) is 3.60. The highest BCUT2D eigenvalue weighted by atomic mass is 35.5. The second kappa shape index (κ2) is 6.89. The number of piperidine rings is 1. The molecule has 0 bridgehead atoms. The molecule has 1 atom stereocenters. The van der Waals surface area contributed by atoms with Crippen molar-refractivity contribution in [3.8, 4) is 0 Å². The van der Waals surface area contributed by atoms with Gasteiger partial charge in [0.05, 0.1) is 10.0 Å². The number of hydrogen-bond acceptors (Lipinski definition) is 2. The zero-order chi connectivity index (χ0) is 13.8. The summed E-state index contributed by atoms with van der Waals surface area (Å²) in [6.45, 7) is 3.88. The Bertz CT molecular complexity index is 438. The summed E-state index contributed by atoms with van der Waals surface area (Å²) in [6.07, 6.45) is 2.45. The number of hydrogen-bond donors (Lipinski definition) is 1. The van der Waals surface area contributed by atoms with Gasteiger partial charge in [-0.15, -0.1) is 0 Å². The first-order valence-corrected chi connectivity index (χ1v) is 7.36. The molecule has 0 amide bonds. The molecule has 0 aliphatic carbocycles. The van der Waals surface area contributed by atoms with E-state index < -0.39 is 5.82 Å². The van der Waals surface area contributed by atoms with Gasteiger partial charge in [0.2, 0.25) is 0 Å². The Morgan fingerprint density at radius 1 is 1.37 bits per heavy atom. The third-order valence-corrected chi connectivity index (χ3v) is 4.50. The van der Waals surface area contributed by atoms with E-state index in [1.807, 2.05) is 7.05 Å². The fourth-order valence-corrected chi connectivity index (χ4v) is 3.08. The molecular weight excluding hydrogens is 286 g/mol. The lowest BCUT2D eigenvalue weighted by Gasteiger charge is -2.32. The smallest absolute Gasteiger partial charge is 0.143 e. The molecule has 0 spiro atoms. The fourth-order valence-electron chi connectivity index (χ4n) is 2.68. The second-order valence-electron chi connectivity index (χ2n) is 5.14. The molecule has 1 saturated heterocycles. The van der Waals surface area contributed by atoms with Crippen LogP contribution in [0.25, 0.3) is 0 Å². The van der Waals surface area contributed by atoms with Crippen molar-refractivity contribution < 1.29 is 4.39 Å². The Hall–Kier alpha value is -0.350. The first-order chi connectivity index (χ1) is 9.11. The number of benzene rings is 1. The lowest BCUT2D eigenvalue weighted by Crippen LogP contribution is -2.38. The van der Waals surface area contributed by atoms with Crippen LogP contribution < -0.4 is 5.32 Å². The topological polar surface area (TPSA) is 15.3 Å². The van der Waals surface area contributed by atoms with Crippen molar-refractivity contribution in [3.05, 3.63) is 33.6 Å². The normalized spacial score (nSPS) is 20.7. The van der Waals surface area contributed by atoms with Crippen LogP contribution in [0.15, 0.2) is 12.1 Å². The average Bonchev–Trinajstić information content (AvgIpc) is 2.40. The highest BCUT2D eigenvalue weighted by Gasteiger charge is 2.20. The van der Waals surface area contributed by atoms with Crippen LogP contribution in [0.2, 0.25) is 10.0 Å². The van der Waals surface area contributed by atoms with Gasteiger partial charge in [0.25, 0.3) is 0 Å². The summed E-state index contributed by atoms with van der Waals surface area (Å²) in [5.74, 6) is 0.218.